The first kappa shape index (κ1) is 21.1. The number of nitrogens with one attached hydrogen (secondary N) is 1. The average molecular weight is 387 g/mol. The molecule has 0 aliphatic rings. The number of aliphatic carboxylic acids is 1. The molecule has 0 bridgehead atoms. The summed E-state index contributed by atoms with van der Waals surface area (Å²) in [5, 5.41) is 11.7. The largest absolute Gasteiger partial charge is 0.493 e. The van der Waals surface area contributed by atoms with Crippen LogP contribution in [0.3, 0.4) is 0 Å². The molecule has 0 saturated heterocycles. The van der Waals surface area contributed by atoms with Crippen LogP contribution in [0.5, 0.6) is 17.2 Å². The van der Waals surface area contributed by atoms with Gasteiger partial charge in [-0.15, -0.1) is 0 Å². The fourth-order valence-electron chi connectivity index (χ4n) is 2.59. The quantitative estimate of drug-likeness (QED) is 0.645. The van der Waals surface area contributed by atoms with Gasteiger partial charge in [0.15, 0.2) is 11.5 Å². The number of benzene rings is 2. The molecule has 0 heterocycles. The Bertz CT molecular complexity index is 834. The van der Waals surface area contributed by atoms with Crippen LogP contribution in [0.15, 0.2) is 36.4 Å². The minimum atomic E-state index is -0.873. The molecule has 2 aromatic rings. The predicted molar refractivity (Wildman–Crippen MR) is 106 cm³/mol. The first-order chi connectivity index (χ1) is 13.5. The molecular formula is C21H25NO6. The smallest absolute Gasteiger partial charge is 0.303 e. The number of ether oxygens (including phenoxy) is 3. The van der Waals surface area contributed by atoms with E-state index in [-0.39, 0.29) is 12.3 Å². The maximum absolute atomic E-state index is 12.7. The summed E-state index contributed by atoms with van der Waals surface area (Å²) in [6.45, 7) is 2.50. The summed E-state index contributed by atoms with van der Waals surface area (Å²) in [4.78, 5) is 23.6. The number of hydrogen-bond donors (Lipinski definition) is 2. The van der Waals surface area contributed by atoms with E-state index in [2.05, 4.69) is 5.32 Å². The van der Waals surface area contributed by atoms with Gasteiger partial charge in [0.1, 0.15) is 5.75 Å². The van der Waals surface area contributed by atoms with Crippen LogP contribution in [0.1, 0.15) is 35.7 Å². The SMILES string of the molecule is CCCOc1ccc(CCC(=O)O)cc1NC(=O)c1ccc(OC)c(OC)c1. The van der Waals surface area contributed by atoms with E-state index in [0.29, 0.717) is 41.5 Å². The second-order valence-electron chi connectivity index (χ2n) is 6.10. The third-order valence-electron chi connectivity index (χ3n) is 4.03. The molecule has 7 heteroatoms. The van der Waals surface area contributed by atoms with E-state index in [1.54, 1.807) is 36.4 Å². The normalized spacial score (nSPS) is 10.2. The molecule has 7 nitrogen and oxygen atoms in total. The van der Waals surface area contributed by atoms with Crippen LogP contribution >= 0.6 is 0 Å². The molecule has 0 spiro atoms. The lowest BCUT2D eigenvalue weighted by molar-refractivity contribution is -0.136. The molecule has 2 N–H and O–H groups in total. The van der Waals surface area contributed by atoms with Gasteiger partial charge >= 0.3 is 5.97 Å². The molecule has 28 heavy (non-hydrogen) atoms. The number of carboxylic acids is 1. The van der Waals surface area contributed by atoms with Gasteiger partial charge in [-0.1, -0.05) is 13.0 Å². The van der Waals surface area contributed by atoms with Gasteiger partial charge in [0.2, 0.25) is 0 Å². The van der Waals surface area contributed by atoms with Gasteiger partial charge in [-0.2, -0.15) is 0 Å². The van der Waals surface area contributed by atoms with E-state index in [1.807, 2.05) is 6.92 Å². The molecule has 0 radical (unpaired) electrons. The second kappa shape index (κ2) is 10.2. The van der Waals surface area contributed by atoms with E-state index in [1.165, 1.54) is 14.2 Å². The van der Waals surface area contributed by atoms with Gasteiger partial charge < -0.3 is 24.6 Å². The standard InChI is InChI=1S/C21H25NO6/c1-4-11-28-17-8-5-14(6-10-20(23)24)12-16(17)22-21(25)15-7-9-18(26-2)19(13-15)27-3/h5,7-9,12-13H,4,6,10-11H2,1-3H3,(H,22,25)(H,23,24). The number of carboxylic acid groups (broad SMARTS) is 1. The number of anilines is 1. The first-order valence-corrected chi connectivity index (χ1v) is 8.99. The van der Waals surface area contributed by atoms with Crippen LogP contribution in [0.25, 0.3) is 0 Å². The van der Waals surface area contributed by atoms with Crippen LogP contribution in [-0.2, 0) is 11.2 Å². The summed E-state index contributed by atoms with van der Waals surface area (Å²) >= 11 is 0. The van der Waals surface area contributed by atoms with Crippen molar-refractivity contribution in [2.75, 3.05) is 26.1 Å². The van der Waals surface area contributed by atoms with E-state index < -0.39 is 5.97 Å². The molecular weight excluding hydrogens is 362 g/mol. The molecule has 0 aliphatic heterocycles. The van der Waals surface area contributed by atoms with Crippen LogP contribution in [0, 0.1) is 0 Å². The third-order valence-corrected chi connectivity index (χ3v) is 4.03. The monoisotopic (exact) mass is 387 g/mol. The number of carbonyl (C=O) groups excluding carboxylic acids is 1. The molecule has 2 aromatic carbocycles. The molecule has 0 aromatic heterocycles. The lowest BCUT2D eigenvalue weighted by Gasteiger charge is -2.14. The van der Waals surface area contributed by atoms with Gasteiger partial charge in [0.25, 0.3) is 5.91 Å². The van der Waals surface area contributed by atoms with Crippen LogP contribution < -0.4 is 19.5 Å². The van der Waals surface area contributed by atoms with Gasteiger partial charge in [-0.3, -0.25) is 9.59 Å². The molecule has 0 unspecified atom stereocenters. The molecule has 2 rings (SSSR count). The molecule has 0 saturated carbocycles. The van der Waals surface area contributed by atoms with Crippen LogP contribution in [0.2, 0.25) is 0 Å². The molecule has 0 aliphatic carbocycles. The van der Waals surface area contributed by atoms with Crippen molar-refractivity contribution in [2.45, 2.75) is 26.2 Å². The minimum Gasteiger partial charge on any atom is -0.493 e. The molecule has 1 amide bonds. The van der Waals surface area contributed by atoms with Crippen LogP contribution in [-0.4, -0.2) is 37.8 Å². The number of hydrogen-bond acceptors (Lipinski definition) is 5. The maximum Gasteiger partial charge on any atom is 0.303 e. The zero-order chi connectivity index (χ0) is 20.5. The minimum absolute atomic E-state index is 0.0121. The van der Waals surface area contributed by atoms with Gasteiger partial charge in [-0.05, 0) is 48.7 Å². The van der Waals surface area contributed by atoms with E-state index in [9.17, 15) is 9.59 Å². The summed E-state index contributed by atoms with van der Waals surface area (Å²) in [6.07, 6.45) is 1.20. The van der Waals surface area contributed by atoms with Crippen molar-refractivity contribution in [1.29, 1.82) is 0 Å². The van der Waals surface area contributed by atoms with Gasteiger partial charge in [0, 0.05) is 12.0 Å². The molecule has 150 valence electrons. The number of methoxy groups -OCH3 is 2. The Morgan fingerprint density at radius 3 is 2.36 bits per heavy atom. The van der Waals surface area contributed by atoms with Crippen molar-refractivity contribution in [3.05, 3.63) is 47.5 Å². The van der Waals surface area contributed by atoms with Crippen molar-refractivity contribution >= 4 is 17.6 Å². The van der Waals surface area contributed by atoms with E-state index in [0.717, 1.165) is 12.0 Å². The third kappa shape index (κ3) is 5.64. The first-order valence-electron chi connectivity index (χ1n) is 8.99. The van der Waals surface area contributed by atoms with E-state index >= 15 is 0 Å². The van der Waals surface area contributed by atoms with Crippen molar-refractivity contribution in [3.8, 4) is 17.2 Å². The Hall–Kier alpha value is -3.22. The topological polar surface area (TPSA) is 94.1 Å². The summed E-state index contributed by atoms with van der Waals surface area (Å²) < 4.78 is 16.1. The molecule has 0 fully saturated rings. The Kier molecular flexibility index (Phi) is 7.68. The summed E-state index contributed by atoms with van der Waals surface area (Å²) in [5.41, 5.74) is 1.69. The number of aryl methyl sites for hydroxylation is 1. The number of carbonyl (C=O) groups is 2. The summed E-state index contributed by atoms with van der Waals surface area (Å²) in [5.74, 6) is 0.309. The number of rotatable bonds is 10. The Labute approximate surface area is 164 Å². The predicted octanol–water partition coefficient (Wildman–Crippen LogP) is 3.76. The fourth-order valence-corrected chi connectivity index (χ4v) is 2.59. The highest BCUT2D eigenvalue weighted by Gasteiger charge is 2.14. The zero-order valence-electron chi connectivity index (χ0n) is 16.3. The number of amides is 1. The summed E-state index contributed by atoms with van der Waals surface area (Å²) in [7, 11) is 3.03. The van der Waals surface area contributed by atoms with Crippen molar-refractivity contribution in [1.82, 2.24) is 0 Å². The van der Waals surface area contributed by atoms with Crippen molar-refractivity contribution in [3.63, 3.8) is 0 Å². The highest BCUT2D eigenvalue weighted by molar-refractivity contribution is 6.05. The van der Waals surface area contributed by atoms with Crippen molar-refractivity contribution in [2.24, 2.45) is 0 Å². The lowest BCUT2D eigenvalue weighted by Crippen LogP contribution is -2.14. The Morgan fingerprint density at radius 1 is 1.00 bits per heavy atom. The van der Waals surface area contributed by atoms with Crippen LogP contribution in [0.4, 0.5) is 5.69 Å². The average Bonchev–Trinajstić information content (AvgIpc) is 2.70. The highest BCUT2D eigenvalue weighted by atomic mass is 16.5. The van der Waals surface area contributed by atoms with E-state index in [4.69, 9.17) is 19.3 Å². The fraction of sp³-hybridized carbons (Fsp3) is 0.333. The second-order valence-corrected chi connectivity index (χ2v) is 6.10. The van der Waals surface area contributed by atoms with Gasteiger partial charge in [0.05, 0.1) is 26.5 Å². The summed E-state index contributed by atoms with van der Waals surface area (Å²) in [6, 6.07) is 10.2. The Balaban J connectivity index is 2.26. The van der Waals surface area contributed by atoms with Crippen molar-refractivity contribution < 1.29 is 28.9 Å². The molecule has 0 atom stereocenters. The maximum atomic E-state index is 12.7. The zero-order valence-corrected chi connectivity index (χ0v) is 16.3. The lowest BCUT2D eigenvalue weighted by atomic mass is 10.1. The van der Waals surface area contributed by atoms with Gasteiger partial charge in [-0.25, -0.2) is 0 Å². The highest BCUT2D eigenvalue weighted by Crippen LogP contribution is 2.30. The Morgan fingerprint density at radius 2 is 1.71 bits per heavy atom.